The normalized spacial score (nSPS) is 12.1. The van der Waals surface area contributed by atoms with E-state index in [4.69, 9.17) is 4.74 Å². The van der Waals surface area contributed by atoms with Crippen LogP contribution in [0.25, 0.3) is 6.08 Å². The molecule has 0 aromatic heterocycles. The highest BCUT2D eigenvalue weighted by molar-refractivity contribution is 7.93. The largest absolute Gasteiger partial charge is 0.490 e. The van der Waals surface area contributed by atoms with Crippen LogP contribution in [0.15, 0.2) is 23.6 Å². The minimum absolute atomic E-state index is 0.0895. The van der Waals surface area contributed by atoms with Gasteiger partial charge in [-0.2, -0.15) is 8.78 Å². The van der Waals surface area contributed by atoms with Crippen LogP contribution in [0.1, 0.15) is 12.5 Å². The van der Waals surface area contributed by atoms with Crippen molar-refractivity contribution in [1.82, 2.24) is 0 Å². The summed E-state index contributed by atoms with van der Waals surface area (Å²) in [4.78, 5) is 0. The van der Waals surface area contributed by atoms with Crippen molar-refractivity contribution in [3.05, 3.63) is 29.2 Å². The predicted octanol–water partition coefficient (Wildman–Crippen LogP) is 2.70. The van der Waals surface area contributed by atoms with E-state index in [0.29, 0.717) is 5.56 Å². The predicted molar refractivity (Wildman–Crippen MR) is 68.1 cm³/mol. The third-order valence-electron chi connectivity index (χ3n) is 1.99. The average molecular weight is 292 g/mol. The molecule has 0 N–H and O–H groups in total. The van der Waals surface area contributed by atoms with E-state index in [1.165, 1.54) is 24.3 Å². The molecule has 1 aromatic carbocycles. The van der Waals surface area contributed by atoms with E-state index in [0.717, 1.165) is 11.7 Å². The van der Waals surface area contributed by atoms with Crippen LogP contribution >= 0.6 is 0 Å². The van der Waals surface area contributed by atoms with Crippen LogP contribution in [0.3, 0.4) is 0 Å². The van der Waals surface area contributed by atoms with Crippen molar-refractivity contribution in [3.63, 3.8) is 0 Å². The first-order valence-corrected chi connectivity index (χ1v) is 7.37. The Hall–Kier alpha value is -1.63. The molecule has 0 amide bonds. The Balaban J connectivity index is 3.05. The first kappa shape index (κ1) is 15.4. The SMILES string of the molecule is CCOc1cc(C=CS(C)(=O)=O)ccc1OC(F)F. The van der Waals surface area contributed by atoms with Gasteiger partial charge in [-0.3, -0.25) is 0 Å². The molecule has 0 heterocycles. The molecule has 0 spiro atoms. The van der Waals surface area contributed by atoms with Gasteiger partial charge < -0.3 is 9.47 Å². The van der Waals surface area contributed by atoms with Gasteiger partial charge in [0.2, 0.25) is 0 Å². The van der Waals surface area contributed by atoms with Gasteiger partial charge >= 0.3 is 6.61 Å². The van der Waals surface area contributed by atoms with E-state index in [9.17, 15) is 17.2 Å². The van der Waals surface area contributed by atoms with Crippen LogP contribution < -0.4 is 9.47 Å². The van der Waals surface area contributed by atoms with E-state index >= 15 is 0 Å². The molecule has 0 saturated heterocycles. The van der Waals surface area contributed by atoms with E-state index in [2.05, 4.69) is 4.74 Å². The average Bonchev–Trinajstić information content (AvgIpc) is 2.28. The van der Waals surface area contributed by atoms with E-state index in [1.807, 2.05) is 0 Å². The summed E-state index contributed by atoms with van der Waals surface area (Å²) in [6.07, 6.45) is 2.41. The lowest BCUT2D eigenvalue weighted by Gasteiger charge is -2.11. The van der Waals surface area contributed by atoms with Crippen molar-refractivity contribution in [2.75, 3.05) is 12.9 Å². The van der Waals surface area contributed by atoms with E-state index in [1.54, 1.807) is 6.92 Å². The van der Waals surface area contributed by atoms with Crippen LogP contribution in [0.5, 0.6) is 11.5 Å². The van der Waals surface area contributed by atoms with Crippen molar-refractivity contribution in [1.29, 1.82) is 0 Å². The molecule has 1 rings (SSSR count). The lowest BCUT2D eigenvalue weighted by molar-refractivity contribution is -0.0514. The molecular formula is C12H14F2O4S. The zero-order chi connectivity index (χ0) is 14.5. The molecule has 0 bridgehead atoms. The van der Waals surface area contributed by atoms with Crippen LogP contribution in [0.4, 0.5) is 8.78 Å². The fraction of sp³-hybridized carbons (Fsp3) is 0.333. The van der Waals surface area contributed by atoms with Gasteiger partial charge in [-0.15, -0.1) is 0 Å². The van der Waals surface area contributed by atoms with Gasteiger partial charge in [0.1, 0.15) is 0 Å². The van der Waals surface area contributed by atoms with Crippen LogP contribution in [0, 0.1) is 0 Å². The minimum atomic E-state index is -3.25. The number of hydrogen-bond donors (Lipinski definition) is 0. The molecule has 7 heteroatoms. The smallest absolute Gasteiger partial charge is 0.387 e. The number of halogens is 2. The fourth-order valence-electron chi connectivity index (χ4n) is 1.29. The number of ether oxygens (including phenoxy) is 2. The van der Waals surface area contributed by atoms with Crippen molar-refractivity contribution in [2.45, 2.75) is 13.5 Å². The first-order chi connectivity index (χ1) is 8.81. The Bertz CT molecular complexity index is 553. The number of hydrogen-bond acceptors (Lipinski definition) is 4. The summed E-state index contributed by atoms with van der Waals surface area (Å²) in [6, 6.07) is 4.20. The standard InChI is InChI=1S/C12H14F2O4S/c1-3-17-11-8-9(6-7-19(2,15)16)4-5-10(11)18-12(13)14/h4-8,12H,3H2,1-2H3. The summed E-state index contributed by atoms with van der Waals surface area (Å²) >= 11 is 0. The van der Waals surface area contributed by atoms with Gasteiger partial charge in [0.05, 0.1) is 6.61 Å². The molecule has 1 aromatic rings. The summed E-state index contributed by atoms with van der Waals surface area (Å²) in [5.41, 5.74) is 0.510. The number of benzene rings is 1. The fourth-order valence-corrected chi connectivity index (χ4v) is 1.70. The minimum Gasteiger partial charge on any atom is -0.490 e. The monoisotopic (exact) mass is 292 g/mol. The van der Waals surface area contributed by atoms with E-state index < -0.39 is 16.4 Å². The zero-order valence-electron chi connectivity index (χ0n) is 10.5. The molecule has 4 nitrogen and oxygen atoms in total. The van der Waals surface area contributed by atoms with Crippen molar-refractivity contribution >= 4 is 15.9 Å². The molecular weight excluding hydrogens is 278 g/mol. The van der Waals surface area contributed by atoms with Crippen LogP contribution in [-0.4, -0.2) is 27.9 Å². The summed E-state index contributed by atoms with van der Waals surface area (Å²) in [7, 11) is -3.25. The Kier molecular flexibility index (Phi) is 5.29. The summed E-state index contributed by atoms with van der Waals surface area (Å²) in [6.45, 7) is -0.971. The van der Waals surface area contributed by atoms with Gasteiger partial charge in [0.15, 0.2) is 21.3 Å². The maximum atomic E-state index is 12.2. The molecule has 0 aliphatic rings. The van der Waals surface area contributed by atoms with Crippen molar-refractivity contribution < 1.29 is 26.7 Å². The Morgan fingerprint density at radius 1 is 1.32 bits per heavy atom. The van der Waals surface area contributed by atoms with Gasteiger partial charge in [0, 0.05) is 11.7 Å². The molecule has 0 fully saturated rings. The Morgan fingerprint density at radius 2 is 2.00 bits per heavy atom. The number of alkyl halides is 2. The zero-order valence-corrected chi connectivity index (χ0v) is 11.3. The summed E-state index contributed by atoms with van der Waals surface area (Å²) < 4.78 is 55.8. The van der Waals surface area contributed by atoms with Gasteiger partial charge in [-0.05, 0) is 30.7 Å². The lowest BCUT2D eigenvalue weighted by Crippen LogP contribution is -2.04. The second-order valence-corrected chi connectivity index (χ2v) is 5.58. The topological polar surface area (TPSA) is 52.6 Å². The summed E-state index contributed by atoms with van der Waals surface area (Å²) in [5, 5.41) is 1.02. The van der Waals surface area contributed by atoms with Crippen LogP contribution in [-0.2, 0) is 9.84 Å². The molecule has 0 unspecified atom stereocenters. The molecule has 0 aliphatic heterocycles. The molecule has 106 valence electrons. The quantitative estimate of drug-likeness (QED) is 0.809. The first-order valence-electron chi connectivity index (χ1n) is 5.41. The second kappa shape index (κ2) is 6.51. The molecule has 0 radical (unpaired) electrons. The number of sulfone groups is 1. The van der Waals surface area contributed by atoms with Gasteiger partial charge in [-0.25, -0.2) is 8.42 Å². The lowest BCUT2D eigenvalue weighted by atomic mass is 10.2. The molecule has 0 saturated carbocycles. The van der Waals surface area contributed by atoms with E-state index in [-0.39, 0.29) is 18.1 Å². The van der Waals surface area contributed by atoms with Gasteiger partial charge in [-0.1, -0.05) is 6.07 Å². The maximum Gasteiger partial charge on any atom is 0.387 e. The van der Waals surface area contributed by atoms with Crippen molar-refractivity contribution in [3.8, 4) is 11.5 Å². The maximum absolute atomic E-state index is 12.2. The molecule has 0 atom stereocenters. The van der Waals surface area contributed by atoms with Crippen molar-refractivity contribution in [2.24, 2.45) is 0 Å². The third kappa shape index (κ3) is 5.69. The van der Waals surface area contributed by atoms with Crippen LogP contribution in [0.2, 0.25) is 0 Å². The third-order valence-corrected chi connectivity index (χ3v) is 2.62. The highest BCUT2D eigenvalue weighted by Crippen LogP contribution is 2.30. The summed E-state index contributed by atoms with van der Waals surface area (Å²) in [5.74, 6) is 0.0480. The second-order valence-electron chi connectivity index (χ2n) is 3.65. The molecule has 0 aliphatic carbocycles. The Labute approximate surface area is 110 Å². The Morgan fingerprint density at radius 3 is 2.53 bits per heavy atom. The highest BCUT2D eigenvalue weighted by Gasteiger charge is 2.11. The number of rotatable bonds is 6. The highest BCUT2D eigenvalue weighted by atomic mass is 32.2. The molecule has 19 heavy (non-hydrogen) atoms. The van der Waals surface area contributed by atoms with Gasteiger partial charge in [0.25, 0.3) is 0 Å².